The number of aromatic nitrogens is 1. The van der Waals surface area contributed by atoms with Crippen molar-refractivity contribution >= 4 is 28.5 Å². The number of aromatic carboxylic acids is 1. The Morgan fingerprint density at radius 1 is 1.44 bits per heavy atom. The molecule has 1 aromatic heterocycles. The highest BCUT2D eigenvalue weighted by atomic mass is 35.5. The Hall–Kier alpha value is -1.81. The number of carboxylic acids is 1. The summed E-state index contributed by atoms with van der Waals surface area (Å²) in [7, 11) is 0. The largest absolute Gasteiger partial charge is 0.506 e. The Morgan fingerprint density at radius 2 is 2.12 bits per heavy atom. The van der Waals surface area contributed by atoms with E-state index in [1.54, 1.807) is 13.0 Å². The normalized spacial score (nSPS) is 10.6. The van der Waals surface area contributed by atoms with Crippen LogP contribution in [0.2, 0.25) is 5.02 Å². The molecule has 82 valence electrons. The number of carbonyl (C=O) groups is 1. The number of rotatable bonds is 1. The van der Waals surface area contributed by atoms with Crippen LogP contribution in [0.5, 0.6) is 5.75 Å². The number of benzene rings is 1. The number of carboxylic acid groups (broad SMARTS) is 1. The number of fused-ring (bicyclic) bond motifs is 1. The summed E-state index contributed by atoms with van der Waals surface area (Å²) in [6.45, 7) is 1.67. The van der Waals surface area contributed by atoms with Crippen molar-refractivity contribution in [3.8, 4) is 5.75 Å². The lowest BCUT2D eigenvalue weighted by Gasteiger charge is -2.06. The van der Waals surface area contributed by atoms with E-state index in [-0.39, 0.29) is 16.3 Å². The van der Waals surface area contributed by atoms with E-state index in [4.69, 9.17) is 16.7 Å². The molecule has 4 nitrogen and oxygen atoms in total. The van der Waals surface area contributed by atoms with Crippen molar-refractivity contribution in [2.24, 2.45) is 0 Å². The molecular weight excluding hydrogens is 230 g/mol. The second-order valence-corrected chi connectivity index (χ2v) is 3.77. The number of nitrogens with zero attached hydrogens (tertiary/aromatic N) is 1. The third-order valence-corrected chi connectivity index (χ3v) is 2.76. The molecule has 0 saturated carbocycles. The number of halogens is 1. The van der Waals surface area contributed by atoms with Crippen molar-refractivity contribution in [3.63, 3.8) is 0 Å². The molecule has 2 N–H and O–H groups in total. The summed E-state index contributed by atoms with van der Waals surface area (Å²) in [5, 5.41) is 19.1. The van der Waals surface area contributed by atoms with E-state index in [0.29, 0.717) is 16.6 Å². The van der Waals surface area contributed by atoms with Crippen LogP contribution >= 0.6 is 11.6 Å². The predicted molar refractivity (Wildman–Crippen MR) is 60.1 cm³/mol. The quantitative estimate of drug-likeness (QED) is 0.800. The van der Waals surface area contributed by atoms with Crippen molar-refractivity contribution in [1.82, 2.24) is 4.98 Å². The molecule has 0 aliphatic rings. The van der Waals surface area contributed by atoms with Gasteiger partial charge in [0, 0.05) is 5.39 Å². The number of aromatic hydroxyl groups is 1. The summed E-state index contributed by atoms with van der Waals surface area (Å²) in [4.78, 5) is 14.9. The van der Waals surface area contributed by atoms with Gasteiger partial charge in [-0.3, -0.25) is 4.98 Å². The summed E-state index contributed by atoms with van der Waals surface area (Å²) in [5.41, 5.74) is 1.11. The van der Waals surface area contributed by atoms with Gasteiger partial charge in [0.2, 0.25) is 0 Å². The first-order chi connectivity index (χ1) is 7.50. The van der Waals surface area contributed by atoms with E-state index in [0.717, 1.165) is 0 Å². The molecule has 2 rings (SSSR count). The monoisotopic (exact) mass is 237 g/mol. The standard InChI is InChI=1S/C11H8ClNO3/c1-5-9(12)10(14)7-4-6(11(15)16)2-3-8(7)13-5/h2-4H,1H3,(H,13,14)(H,15,16). The van der Waals surface area contributed by atoms with Crippen LogP contribution in [0.15, 0.2) is 18.2 Å². The van der Waals surface area contributed by atoms with E-state index in [1.165, 1.54) is 12.1 Å². The van der Waals surface area contributed by atoms with E-state index in [1.807, 2.05) is 0 Å². The molecule has 1 heterocycles. The molecular formula is C11H8ClNO3. The Bertz CT molecular complexity index is 595. The van der Waals surface area contributed by atoms with Crippen molar-refractivity contribution < 1.29 is 15.0 Å². The summed E-state index contributed by atoms with van der Waals surface area (Å²) < 4.78 is 0. The minimum Gasteiger partial charge on any atom is -0.506 e. The van der Waals surface area contributed by atoms with Crippen LogP contribution in [-0.2, 0) is 0 Å². The Morgan fingerprint density at radius 3 is 2.75 bits per heavy atom. The fourth-order valence-electron chi connectivity index (χ4n) is 1.48. The second kappa shape index (κ2) is 3.64. The van der Waals surface area contributed by atoms with Crippen LogP contribution in [0.4, 0.5) is 0 Å². The minimum atomic E-state index is -1.06. The van der Waals surface area contributed by atoms with Gasteiger partial charge in [-0.15, -0.1) is 0 Å². The van der Waals surface area contributed by atoms with Crippen molar-refractivity contribution in [2.45, 2.75) is 6.92 Å². The van der Waals surface area contributed by atoms with Crippen LogP contribution in [0, 0.1) is 6.92 Å². The maximum absolute atomic E-state index is 10.8. The van der Waals surface area contributed by atoms with Gasteiger partial charge in [0.15, 0.2) is 0 Å². The van der Waals surface area contributed by atoms with Gasteiger partial charge in [-0.2, -0.15) is 0 Å². The summed E-state index contributed by atoms with van der Waals surface area (Å²) >= 11 is 5.83. The van der Waals surface area contributed by atoms with E-state index in [9.17, 15) is 9.90 Å². The maximum atomic E-state index is 10.8. The second-order valence-electron chi connectivity index (χ2n) is 3.40. The lowest BCUT2D eigenvalue weighted by atomic mass is 10.1. The summed E-state index contributed by atoms with van der Waals surface area (Å²) in [6, 6.07) is 4.33. The third kappa shape index (κ3) is 1.57. The molecule has 0 spiro atoms. The Labute approximate surface area is 96.1 Å². The number of pyridine rings is 1. The highest BCUT2D eigenvalue weighted by molar-refractivity contribution is 6.33. The van der Waals surface area contributed by atoms with Gasteiger partial charge in [-0.25, -0.2) is 4.79 Å². The van der Waals surface area contributed by atoms with Crippen LogP contribution in [0.3, 0.4) is 0 Å². The zero-order valence-corrected chi connectivity index (χ0v) is 9.12. The average molecular weight is 238 g/mol. The van der Waals surface area contributed by atoms with Gasteiger partial charge in [-0.1, -0.05) is 11.6 Å². The first kappa shape index (κ1) is 10.7. The molecule has 0 aliphatic carbocycles. The van der Waals surface area contributed by atoms with Gasteiger partial charge in [0.1, 0.15) is 10.8 Å². The van der Waals surface area contributed by atoms with E-state index >= 15 is 0 Å². The molecule has 0 saturated heterocycles. The van der Waals surface area contributed by atoms with Gasteiger partial charge in [0.25, 0.3) is 0 Å². The zero-order chi connectivity index (χ0) is 11.9. The van der Waals surface area contributed by atoms with Crippen LogP contribution < -0.4 is 0 Å². The lowest BCUT2D eigenvalue weighted by Crippen LogP contribution is -1.96. The van der Waals surface area contributed by atoms with Gasteiger partial charge in [-0.05, 0) is 25.1 Å². The Balaban J connectivity index is 2.82. The van der Waals surface area contributed by atoms with Crippen molar-refractivity contribution in [1.29, 1.82) is 0 Å². The fraction of sp³-hybridized carbons (Fsp3) is 0.0909. The first-order valence-electron chi connectivity index (χ1n) is 4.53. The Kier molecular flexibility index (Phi) is 2.44. The summed E-state index contributed by atoms with van der Waals surface area (Å²) in [5.74, 6) is -1.19. The number of aryl methyl sites for hydroxylation is 1. The molecule has 0 aliphatic heterocycles. The molecule has 0 unspecified atom stereocenters. The SMILES string of the molecule is Cc1nc2ccc(C(=O)O)cc2c(O)c1Cl. The maximum Gasteiger partial charge on any atom is 0.335 e. The molecule has 2 aromatic rings. The zero-order valence-electron chi connectivity index (χ0n) is 8.36. The first-order valence-corrected chi connectivity index (χ1v) is 4.90. The fourth-order valence-corrected chi connectivity index (χ4v) is 1.62. The number of hydrogen-bond donors (Lipinski definition) is 2. The molecule has 0 atom stereocenters. The average Bonchev–Trinajstić information content (AvgIpc) is 2.25. The minimum absolute atomic E-state index is 0.0875. The van der Waals surface area contributed by atoms with Gasteiger partial charge < -0.3 is 10.2 Å². The number of hydrogen-bond acceptors (Lipinski definition) is 3. The predicted octanol–water partition coefficient (Wildman–Crippen LogP) is 2.60. The van der Waals surface area contributed by atoms with Crippen LogP contribution in [0.1, 0.15) is 16.1 Å². The third-order valence-electron chi connectivity index (χ3n) is 2.31. The van der Waals surface area contributed by atoms with E-state index < -0.39 is 5.97 Å². The molecule has 0 fully saturated rings. The summed E-state index contributed by atoms with van der Waals surface area (Å²) in [6.07, 6.45) is 0. The van der Waals surface area contributed by atoms with E-state index in [2.05, 4.69) is 4.98 Å². The molecule has 5 heteroatoms. The highest BCUT2D eigenvalue weighted by Gasteiger charge is 2.12. The molecule has 16 heavy (non-hydrogen) atoms. The molecule has 1 aromatic carbocycles. The van der Waals surface area contributed by atoms with Gasteiger partial charge in [0.05, 0.1) is 16.8 Å². The van der Waals surface area contributed by atoms with Crippen LogP contribution in [0.25, 0.3) is 10.9 Å². The van der Waals surface area contributed by atoms with Crippen molar-refractivity contribution in [2.75, 3.05) is 0 Å². The lowest BCUT2D eigenvalue weighted by molar-refractivity contribution is 0.0697. The van der Waals surface area contributed by atoms with Crippen molar-refractivity contribution in [3.05, 3.63) is 34.5 Å². The van der Waals surface area contributed by atoms with Gasteiger partial charge >= 0.3 is 5.97 Å². The van der Waals surface area contributed by atoms with Crippen LogP contribution in [-0.4, -0.2) is 21.2 Å². The molecule has 0 radical (unpaired) electrons. The molecule has 0 bridgehead atoms. The topological polar surface area (TPSA) is 70.4 Å². The smallest absolute Gasteiger partial charge is 0.335 e. The molecule has 0 amide bonds. The highest BCUT2D eigenvalue weighted by Crippen LogP contribution is 2.33.